The third-order valence-electron chi connectivity index (χ3n) is 5.52. The van der Waals surface area contributed by atoms with Gasteiger partial charge in [0.25, 0.3) is 10.0 Å². The van der Waals surface area contributed by atoms with Gasteiger partial charge in [-0.2, -0.15) is 0 Å². The molecule has 1 N–H and O–H groups in total. The number of rotatable bonds is 5. The van der Waals surface area contributed by atoms with Crippen LogP contribution in [-0.4, -0.2) is 31.7 Å². The van der Waals surface area contributed by atoms with Crippen LogP contribution in [-0.2, 0) is 10.0 Å². The Labute approximate surface area is 178 Å². The van der Waals surface area contributed by atoms with Crippen LogP contribution in [0.2, 0.25) is 0 Å². The van der Waals surface area contributed by atoms with Crippen molar-refractivity contribution >= 4 is 21.5 Å². The van der Waals surface area contributed by atoms with Crippen molar-refractivity contribution in [1.82, 2.24) is 10.2 Å². The lowest BCUT2D eigenvalue weighted by Gasteiger charge is -2.30. The van der Waals surface area contributed by atoms with Gasteiger partial charge in [0.15, 0.2) is 5.82 Å². The van der Waals surface area contributed by atoms with Gasteiger partial charge in [0.2, 0.25) is 0 Å². The molecule has 3 aromatic rings. The van der Waals surface area contributed by atoms with Gasteiger partial charge in [0.05, 0.1) is 10.6 Å². The molecule has 1 saturated heterocycles. The van der Waals surface area contributed by atoms with Gasteiger partial charge in [-0.15, -0.1) is 10.2 Å². The normalized spacial score (nSPS) is 15.2. The van der Waals surface area contributed by atoms with Gasteiger partial charge in [0.1, 0.15) is 0 Å². The van der Waals surface area contributed by atoms with Gasteiger partial charge in [-0.25, -0.2) is 8.42 Å². The molecule has 0 bridgehead atoms. The van der Waals surface area contributed by atoms with Gasteiger partial charge in [-0.3, -0.25) is 4.72 Å². The van der Waals surface area contributed by atoms with Gasteiger partial charge >= 0.3 is 0 Å². The molecular formula is C23H26N4O2S. The summed E-state index contributed by atoms with van der Waals surface area (Å²) in [5.74, 6) is 1.68. The van der Waals surface area contributed by atoms with E-state index in [4.69, 9.17) is 0 Å². The number of aryl methyl sites for hydroxylation is 1. The first kappa shape index (κ1) is 20.3. The lowest BCUT2D eigenvalue weighted by Crippen LogP contribution is -2.33. The third-order valence-corrected chi connectivity index (χ3v) is 6.92. The van der Waals surface area contributed by atoms with Gasteiger partial charge in [0, 0.05) is 24.3 Å². The molecule has 0 unspecified atom stereocenters. The predicted molar refractivity (Wildman–Crippen MR) is 120 cm³/mol. The molecule has 0 amide bonds. The topological polar surface area (TPSA) is 75.2 Å². The fourth-order valence-electron chi connectivity index (χ4n) is 3.53. The van der Waals surface area contributed by atoms with Crippen molar-refractivity contribution in [2.24, 2.45) is 5.92 Å². The van der Waals surface area contributed by atoms with Crippen molar-refractivity contribution in [2.45, 2.75) is 31.6 Å². The molecule has 1 aliphatic heterocycles. The second-order valence-electron chi connectivity index (χ2n) is 7.94. The molecular weight excluding hydrogens is 396 g/mol. The maximum Gasteiger partial charge on any atom is 0.261 e. The van der Waals surface area contributed by atoms with Crippen molar-refractivity contribution in [3.8, 4) is 11.3 Å². The van der Waals surface area contributed by atoms with Crippen LogP contribution < -0.4 is 9.62 Å². The van der Waals surface area contributed by atoms with E-state index in [1.165, 1.54) is 12.8 Å². The predicted octanol–water partition coefficient (Wildman–Crippen LogP) is 4.49. The summed E-state index contributed by atoms with van der Waals surface area (Å²) in [6.07, 6.45) is 2.37. The van der Waals surface area contributed by atoms with E-state index in [9.17, 15) is 8.42 Å². The Balaban J connectivity index is 1.45. The number of nitrogens with zero attached hydrogens (tertiary/aromatic N) is 3. The molecule has 2 aromatic carbocycles. The zero-order valence-corrected chi connectivity index (χ0v) is 18.1. The smallest absolute Gasteiger partial charge is 0.261 e. The van der Waals surface area contributed by atoms with E-state index < -0.39 is 10.0 Å². The Morgan fingerprint density at radius 2 is 1.57 bits per heavy atom. The van der Waals surface area contributed by atoms with Crippen LogP contribution in [0.15, 0.2) is 65.6 Å². The number of piperidine rings is 1. The molecule has 0 atom stereocenters. The standard InChI is InChI=1S/C23H26N4O2S/c1-17-3-9-21(10-4-17)30(28,29)26-20-7-5-19(6-8-20)22-11-12-23(25-24-22)27-15-13-18(2)14-16-27/h3-12,18,26H,13-16H2,1-2H3. The highest BCUT2D eigenvalue weighted by atomic mass is 32.2. The first-order valence-corrected chi connectivity index (χ1v) is 11.7. The molecule has 4 rings (SSSR count). The number of nitrogens with one attached hydrogen (secondary N) is 1. The fraction of sp³-hybridized carbons (Fsp3) is 0.304. The highest BCUT2D eigenvalue weighted by Gasteiger charge is 2.17. The molecule has 1 aromatic heterocycles. The Bertz CT molecular complexity index is 1090. The second-order valence-corrected chi connectivity index (χ2v) is 9.62. The van der Waals surface area contributed by atoms with Crippen LogP contribution in [0, 0.1) is 12.8 Å². The average Bonchev–Trinajstić information content (AvgIpc) is 2.75. The van der Waals surface area contributed by atoms with E-state index in [1.807, 2.05) is 31.2 Å². The molecule has 0 aliphatic carbocycles. The molecule has 156 valence electrons. The molecule has 30 heavy (non-hydrogen) atoms. The minimum atomic E-state index is -3.61. The first-order chi connectivity index (χ1) is 14.4. The lowest BCUT2D eigenvalue weighted by atomic mass is 9.99. The number of anilines is 2. The lowest BCUT2D eigenvalue weighted by molar-refractivity contribution is 0.436. The van der Waals surface area contributed by atoms with E-state index in [0.29, 0.717) is 5.69 Å². The summed E-state index contributed by atoms with van der Waals surface area (Å²) in [7, 11) is -3.61. The molecule has 1 aliphatic rings. The Hall–Kier alpha value is -2.93. The number of sulfonamides is 1. The Kier molecular flexibility index (Phi) is 5.72. The molecule has 2 heterocycles. The summed E-state index contributed by atoms with van der Waals surface area (Å²) in [5, 5.41) is 8.77. The average molecular weight is 423 g/mol. The zero-order valence-electron chi connectivity index (χ0n) is 17.2. The van der Waals surface area contributed by atoms with Crippen molar-refractivity contribution in [3.05, 3.63) is 66.2 Å². The largest absolute Gasteiger partial charge is 0.355 e. The van der Waals surface area contributed by atoms with Crippen LogP contribution in [0.5, 0.6) is 0 Å². The summed E-state index contributed by atoms with van der Waals surface area (Å²) in [6.45, 7) is 6.25. The molecule has 6 nitrogen and oxygen atoms in total. The SMILES string of the molecule is Cc1ccc(S(=O)(=O)Nc2ccc(-c3ccc(N4CCC(C)CC4)nn3)cc2)cc1. The monoisotopic (exact) mass is 422 g/mol. The van der Waals surface area contributed by atoms with E-state index in [-0.39, 0.29) is 4.90 Å². The molecule has 0 saturated carbocycles. The molecule has 7 heteroatoms. The molecule has 0 spiro atoms. The van der Waals surface area contributed by atoms with Crippen molar-refractivity contribution in [1.29, 1.82) is 0 Å². The minimum Gasteiger partial charge on any atom is -0.355 e. The summed E-state index contributed by atoms with van der Waals surface area (Å²) in [6, 6.07) is 17.9. The third kappa shape index (κ3) is 4.62. The molecule has 1 fully saturated rings. The van der Waals surface area contributed by atoms with Gasteiger partial charge in [-0.05, 0) is 62.1 Å². The maximum atomic E-state index is 12.5. The van der Waals surface area contributed by atoms with Crippen molar-refractivity contribution in [2.75, 3.05) is 22.7 Å². The van der Waals surface area contributed by atoms with Crippen LogP contribution in [0.25, 0.3) is 11.3 Å². The molecule has 0 radical (unpaired) electrons. The fourth-order valence-corrected chi connectivity index (χ4v) is 4.58. The van der Waals surface area contributed by atoms with Crippen molar-refractivity contribution < 1.29 is 8.42 Å². The van der Waals surface area contributed by atoms with Gasteiger partial charge in [-0.1, -0.05) is 36.8 Å². The quantitative estimate of drug-likeness (QED) is 0.656. The summed E-state index contributed by atoms with van der Waals surface area (Å²) in [4.78, 5) is 2.52. The van der Waals surface area contributed by atoms with Crippen LogP contribution >= 0.6 is 0 Å². The number of hydrogen-bond donors (Lipinski definition) is 1. The van der Waals surface area contributed by atoms with E-state index in [1.54, 1.807) is 36.4 Å². The van der Waals surface area contributed by atoms with Crippen molar-refractivity contribution in [3.63, 3.8) is 0 Å². The zero-order chi connectivity index (χ0) is 21.1. The van der Waals surface area contributed by atoms with E-state index >= 15 is 0 Å². The highest BCUT2D eigenvalue weighted by molar-refractivity contribution is 7.92. The number of aromatic nitrogens is 2. The first-order valence-electron chi connectivity index (χ1n) is 10.2. The van der Waals surface area contributed by atoms with Gasteiger partial charge < -0.3 is 4.90 Å². The summed E-state index contributed by atoms with van der Waals surface area (Å²) in [5.41, 5.74) is 3.17. The number of hydrogen-bond acceptors (Lipinski definition) is 5. The van der Waals surface area contributed by atoms with Crippen LogP contribution in [0.1, 0.15) is 25.3 Å². The van der Waals surface area contributed by atoms with E-state index in [0.717, 1.165) is 41.6 Å². The maximum absolute atomic E-state index is 12.5. The highest BCUT2D eigenvalue weighted by Crippen LogP contribution is 2.24. The van der Waals surface area contributed by atoms with Crippen LogP contribution in [0.3, 0.4) is 0 Å². The van der Waals surface area contributed by atoms with Crippen LogP contribution in [0.4, 0.5) is 11.5 Å². The van der Waals surface area contributed by atoms with E-state index in [2.05, 4.69) is 26.7 Å². The Morgan fingerprint density at radius 3 is 2.17 bits per heavy atom. The summed E-state index contributed by atoms with van der Waals surface area (Å²) < 4.78 is 27.7. The minimum absolute atomic E-state index is 0.241. The Morgan fingerprint density at radius 1 is 0.900 bits per heavy atom. The number of benzene rings is 2. The summed E-state index contributed by atoms with van der Waals surface area (Å²) >= 11 is 0. The second kappa shape index (κ2) is 8.44.